The molecule has 1 aliphatic carbocycles. The largest absolute Gasteiger partial charge is 0.388 e. The van der Waals surface area contributed by atoms with Gasteiger partial charge in [-0.05, 0) is 54.9 Å². The maximum absolute atomic E-state index is 10.4. The van der Waals surface area contributed by atoms with Crippen molar-refractivity contribution in [2.24, 2.45) is 0 Å². The van der Waals surface area contributed by atoms with E-state index in [1.165, 1.54) is 24.8 Å². The van der Waals surface area contributed by atoms with Gasteiger partial charge in [0.1, 0.15) is 0 Å². The van der Waals surface area contributed by atoms with Crippen LogP contribution in [0.2, 0.25) is 0 Å². The van der Waals surface area contributed by atoms with Crippen LogP contribution in [0.4, 0.5) is 0 Å². The molecule has 0 radical (unpaired) electrons. The Bertz CT molecular complexity index is 548. The number of rotatable bonds is 5. The molecule has 1 saturated carbocycles. The molecule has 2 heteroatoms. The predicted octanol–water partition coefficient (Wildman–Crippen LogP) is 4.02. The third-order valence-electron chi connectivity index (χ3n) is 4.27. The van der Waals surface area contributed by atoms with Gasteiger partial charge in [0.05, 0.1) is 6.10 Å². The summed E-state index contributed by atoms with van der Waals surface area (Å²) in [4.78, 5) is 4.30. The SMILES string of the molecule is OC(CCc1ccccn1)c1cccc(C2CCC2)c1. The lowest BCUT2D eigenvalue weighted by Crippen LogP contribution is -2.09. The molecule has 1 aromatic carbocycles. The molecule has 0 aliphatic heterocycles. The van der Waals surface area contributed by atoms with Crippen LogP contribution in [-0.4, -0.2) is 10.1 Å². The summed E-state index contributed by atoms with van der Waals surface area (Å²) < 4.78 is 0. The van der Waals surface area contributed by atoms with Gasteiger partial charge in [-0.25, -0.2) is 0 Å². The van der Waals surface area contributed by atoms with Crippen molar-refractivity contribution in [1.29, 1.82) is 0 Å². The molecular weight excluding hydrogens is 246 g/mol. The molecule has 20 heavy (non-hydrogen) atoms. The predicted molar refractivity (Wildman–Crippen MR) is 80.6 cm³/mol. The number of aromatic nitrogens is 1. The summed E-state index contributed by atoms with van der Waals surface area (Å²) in [6, 6.07) is 14.4. The third-order valence-corrected chi connectivity index (χ3v) is 4.27. The first kappa shape index (κ1) is 13.3. The Labute approximate surface area is 120 Å². The summed E-state index contributed by atoms with van der Waals surface area (Å²) in [6.45, 7) is 0. The Morgan fingerprint density at radius 1 is 1.15 bits per heavy atom. The smallest absolute Gasteiger partial charge is 0.0793 e. The van der Waals surface area contributed by atoms with Crippen LogP contribution in [0.3, 0.4) is 0 Å². The summed E-state index contributed by atoms with van der Waals surface area (Å²) in [5, 5.41) is 10.4. The second-order valence-electron chi connectivity index (χ2n) is 5.67. The Kier molecular flexibility index (Phi) is 4.12. The van der Waals surface area contributed by atoms with Gasteiger partial charge in [-0.1, -0.05) is 36.8 Å². The Morgan fingerprint density at radius 3 is 2.75 bits per heavy atom. The Morgan fingerprint density at radius 2 is 2.05 bits per heavy atom. The first-order valence-corrected chi connectivity index (χ1v) is 7.51. The van der Waals surface area contributed by atoms with E-state index in [2.05, 4.69) is 23.2 Å². The number of aliphatic hydroxyl groups is 1. The van der Waals surface area contributed by atoms with Gasteiger partial charge in [0.25, 0.3) is 0 Å². The molecule has 0 amide bonds. The second-order valence-corrected chi connectivity index (χ2v) is 5.67. The normalized spacial score (nSPS) is 16.6. The molecule has 0 spiro atoms. The first-order chi connectivity index (χ1) is 9.83. The van der Waals surface area contributed by atoms with Crippen molar-refractivity contribution in [2.75, 3.05) is 0 Å². The highest BCUT2D eigenvalue weighted by Gasteiger charge is 2.20. The van der Waals surface area contributed by atoms with Crippen LogP contribution in [0.25, 0.3) is 0 Å². The van der Waals surface area contributed by atoms with Gasteiger partial charge < -0.3 is 5.11 Å². The third kappa shape index (κ3) is 3.07. The molecule has 1 heterocycles. The molecule has 0 bridgehead atoms. The van der Waals surface area contributed by atoms with Crippen LogP contribution in [0.5, 0.6) is 0 Å². The van der Waals surface area contributed by atoms with Gasteiger partial charge >= 0.3 is 0 Å². The van der Waals surface area contributed by atoms with E-state index in [1.807, 2.05) is 24.3 Å². The number of nitrogens with zero attached hydrogens (tertiary/aromatic N) is 1. The molecule has 0 saturated heterocycles. The number of pyridine rings is 1. The van der Waals surface area contributed by atoms with Crippen molar-refractivity contribution < 1.29 is 5.11 Å². The van der Waals surface area contributed by atoms with Crippen molar-refractivity contribution >= 4 is 0 Å². The van der Waals surface area contributed by atoms with Gasteiger partial charge in [0, 0.05) is 11.9 Å². The number of hydrogen-bond acceptors (Lipinski definition) is 2. The highest BCUT2D eigenvalue weighted by atomic mass is 16.3. The highest BCUT2D eigenvalue weighted by molar-refractivity contribution is 5.29. The van der Waals surface area contributed by atoms with Gasteiger partial charge in [0.15, 0.2) is 0 Å². The van der Waals surface area contributed by atoms with Crippen LogP contribution in [0.1, 0.15) is 54.5 Å². The molecule has 1 aromatic heterocycles. The number of benzene rings is 1. The molecule has 1 fully saturated rings. The summed E-state index contributed by atoms with van der Waals surface area (Å²) in [5.74, 6) is 0.720. The van der Waals surface area contributed by atoms with Crippen molar-refractivity contribution in [3.63, 3.8) is 0 Å². The number of hydrogen-bond donors (Lipinski definition) is 1. The van der Waals surface area contributed by atoms with Gasteiger partial charge in [-0.2, -0.15) is 0 Å². The minimum Gasteiger partial charge on any atom is -0.388 e. The van der Waals surface area contributed by atoms with Crippen molar-refractivity contribution in [3.05, 3.63) is 65.5 Å². The van der Waals surface area contributed by atoms with E-state index in [0.29, 0.717) is 0 Å². The molecular formula is C18H21NO. The summed E-state index contributed by atoms with van der Waals surface area (Å²) >= 11 is 0. The lowest BCUT2D eigenvalue weighted by Gasteiger charge is -2.26. The van der Waals surface area contributed by atoms with E-state index in [9.17, 15) is 5.11 Å². The topological polar surface area (TPSA) is 33.1 Å². The molecule has 104 valence electrons. The lowest BCUT2D eigenvalue weighted by atomic mass is 9.79. The molecule has 1 aliphatic rings. The van der Waals surface area contributed by atoms with Crippen molar-refractivity contribution in [2.45, 2.75) is 44.1 Å². The lowest BCUT2D eigenvalue weighted by molar-refractivity contribution is 0.167. The van der Waals surface area contributed by atoms with E-state index in [0.717, 1.165) is 30.0 Å². The fourth-order valence-electron chi connectivity index (χ4n) is 2.76. The first-order valence-electron chi connectivity index (χ1n) is 7.51. The van der Waals surface area contributed by atoms with E-state index in [4.69, 9.17) is 0 Å². The average molecular weight is 267 g/mol. The molecule has 2 nitrogen and oxygen atoms in total. The highest BCUT2D eigenvalue weighted by Crippen LogP contribution is 2.37. The minimum atomic E-state index is -0.392. The van der Waals surface area contributed by atoms with Gasteiger partial charge in [-0.15, -0.1) is 0 Å². The fourth-order valence-corrected chi connectivity index (χ4v) is 2.76. The van der Waals surface area contributed by atoms with Gasteiger partial charge in [0.2, 0.25) is 0 Å². The molecule has 1 N–H and O–H groups in total. The zero-order valence-electron chi connectivity index (χ0n) is 11.7. The second kappa shape index (κ2) is 6.19. The monoisotopic (exact) mass is 267 g/mol. The Balaban J connectivity index is 1.63. The zero-order chi connectivity index (χ0) is 13.8. The fraction of sp³-hybridized carbons (Fsp3) is 0.389. The van der Waals surface area contributed by atoms with Crippen molar-refractivity contribution in [1.82, 2.24) is 4.98 Å². The molecule has 2 aromatic rings. The van der Waals surface area contributed by atoms with Crippen LogP contribution in [0.15, 0.2) is 48.7 Å². The minimum absolute atomic E-state index is 0.392. The quantitative estimate of drug-likeness (QED) is 0.887. The van der Waals surface area contributed by atoms with Crippen LogP contribution < -0.4 is 0 Å². The number of aryl methyl sites for hydroxylation is 1. The van der Waals surface area contributed by atoms with Gasteiger partial charge in [-0.3, -0.25) is 4.98 Å². The number of aliphatic hydroxyl groups excluding tert-OH is 1. The zero-order valence-corrected chi connectivity index (χ0v) is 11.7. The van der Waals surface area contributed by atoms with E-state index in [1.54, 1.807) is 6.20 Å². The molecule has 1 atom stereocenters. The molecule has 1 unspecified atom stereocenters. The molecule has 3 rings (SSSR count). The van der Waals surface area contributed by atoms with Crippen LogP contribution in [-0.2, 0) is 6.42 Å². The Hall–Kier alpha value is -1.67. The standard InChI is InChI=1S/C18H21NO/c20-18(11-10-17-9-1-2-12-19-17)16-8-4-7-15(13-16)14-5-3-6-14/h1-2,4,7-9,12-14,18,20H,3,5-6,10-11H2. The maximum atomic E-state index is 10.4. The van der Waals surface area contributed by atoms with E-state index < -0.39 is 6.10 Å². The summed E-state index contributed by atoms with van der Waals surface area (Å²) in [6.07, 6.45) is 6.90. The summed E-state index contributed by atoms with van der Waals surface area (Å²) in [5.41, 5.74) is 3.48. The summed E-state index contributed by atoms with van der Waals surface area (Å²) in [7, 11) is 0. The van der Waals surface area contributed by atoms with E-state index in [-0.39, 0.29) is 0 Å². The van der Waals surface area contributed by atoms with Crippen molar-refractivity contribution in [3.8, 4) is 0 Å². The van der Waals surface area contributed by atoms with Crippen LogP contribution in [0, 0.1) is 0 Å². The maximum Gasteiger partial charge on any atom is 0.0793 e. The average Bonchev–Trinajstić information content (AvgIpc) is 2.44. The van der Waals surface area contributed by atoms with Crippen LogP contribution >= 0.6 is 0 Å². The van der Waals surface area contributed by atoms with E-state index >= 15 is 0 Å².